The Labute approximate surface area is 366 Å². The maximum atomic E-state index is 13.1. The van der Waals surface area contributed by atoms with Crippen LogP contribution in [0.25, 0.3) is 22.0 Å². The van der Waals surface area contributed by atoms with E-state index in [9.17, 15) is 29.7 Å². The predicted octanol–water partition coefficient (Wildman–Crippen LogP) is 7.45. The molecule has 0 aliphatic heterocycles. The number of fused-ring (bicyclic) bond motifs is 1. The molecule has 1 atom stereocenters. The van der Waals surface area contributed by atoms with Crippen molar-refractivity contribution < 1.29 is 34.4 Å². The second-order valence-electron chi connectivity index (χ2n) is 14.7. The number of amides is 2. The number of H-pyrrole nitrogens is 1. The van der Waals surface area contributed by atoms with E-state index in [1.807, 2.05) is 48.5 Å². The van der Waals surface area contributed by atoms with Gasteiger partial charge in [0.2, 0.25) is 5.56 Å². The number of phenolic OH excluding ortho intramolecular Hbond substituents is 1. The van der Waals surface area contributed by atoms with Gasteiger partial charge in [0.1, 0.15) is 17.2 Å². The molecule has 1 heterocycles. The van der Waals surface area contributed by atoms with Gasteiger partial charge in [-0.05, 0) is 79.5 Å². The first-order valence-electron chi connectivity index (χ1n) is 19.4. The number of halogens is 3. The number of rotatable bonds is 16. The van der Waals surface area contributed by atoms with Crippen LogP contribution >= 0.6 is 36.4 Å². The summed E-state index contributed by atoms with van der Waals surface area (Å²) in [6.07, 6.45) is 2.31. The minimum atomic E-state index is -0.985. The summed E-state index contributed by atoms with van der Waals surface area (Å²) in [6.45, 7) is 0.640. The highest BCUT2D eigenvalue weighted by Gasteiger charge is 2.31. The number of carboxylic acid groups (broad SMARTS) is 1. The number of nitrogens with zero attached hydrogens (tertiary/aromatic N) is 2. The number of aromatic hydroxyl groups is 1. The summed E-state index contributed by atoms with van der Waals surface area (Å²) >= 11 is 6.58. The monoisotopic (exact) mass is 883 g/mol. The molecule has 2 amide bonds. The lowest BCUT2D eigenvalue weighted by atomic mass is 9.89. The second-order valence-corrected chi connectivity index (χ2v) is 15.1. The molecule has 1 aliphatic rings. The maximum absolute atomic E-state index is 13.1. The summed E-state index contributed by atoms with van der Waals surface area (Å²) in [5.74, 6) is 0.423. The van der Waals surface area contributed by atoms with Crippen molar-refractivity contribution in [2.75, 3.05) is 38.8 Å². The molecule has 0 spiro atoms. The first kappa shape index (κ1) is 47.7. The van der Waals surface area contributed by atoms with Crippen LogP contribution in [0.15, 0.2) is 89.7 Å². The number of aliphatic hydroxyl groups excluding tert-OH is 1. The number of phenols is 1. The number of anilines is 1. The molecule has 1 fully saturated rings. The molecule has 1 saturated carbocycles. The van der Waals surface area contributed by atoms with Crippen molar-refractivity contribution >= 4 is 65.0 Å². The van der Waals surface area contributed by atoms with Crippen molar-refractivity contribution in [1.82, 2.24) is 15.2 Å². The van der Waals surface area contributed by atoms with Gasteiger partial charge in [0.15, 0.2) is 6.61 Å². The fourth-order valence-electron chi connectivity index (χ4n) is 7.52. The molecule has 60 heavy (non-hydrogen) atoms. The number of ether oxygens (including phenoxy) is 2. The number of hydrogen-bond acceptors (Lipinski definition) is 9. The normalized spacial score (nSPS) is 15.3. The summed E-state index contributed by atoms with van der Waals surface area (Å²) in [4.78, 5) is 43.4. The molecule has 0 unspecified atom stereocenters. The number of carbonyl (C=O) groups excluding carboxylic acids is 1. The highest BCUT2D eigenvalue weighted by molar-refractivity contribution is 6.32. The molecule has 7 N–H and O–H groups in total. The number of likely N-dealkylation sites (N-methyl/N-ethyl adjacent to an activating group) is 1. The van der Waals surface area contributed by atoms with Crippen LogP contribution in [0.5, 0.6) is 17.2 Å². The lowest BCUT2D eigenvalue weighted by molar-refractivity contribution is -0.132. The van der Waals surface area contributed by atoms with Gasteiger partial charge < -0.3 is 45.7 Å². The number of carbonyl (C=O) groups is 2. The van der Waals surface area contributed by atoms with E-state index in [2.05, 4.69) is 10.3 Å². The summed E-state index contributed by atoms with van der Waals surface area (Å²) in [7, 11) is 3.22. The third-order valence-corrected chi connectivity index (χ3v) is 11.0. The third-order valence-electron chi connectivity index (χ3n) is 10.7. The summed E-state index contributed by atoms with van der Waals surface area (Å²) in [5.41, 5.74) is 10.7. The topological polar surface area (TPSA) is 191 Å². The second kappa shape index (κ2) is 22.0. The molecule has 16 heteroatoms. The Morgan fingerprint density at radius 3 is 2.42 bits per heavy atom. The summed E-state index contributed by atoms with van der Waals surface area (Å²) in [6, 6.07) is 24.9. The fourth-order valence-corrected chi connectivity index (χ4v) is 7.76. The zero-order valence-electron chi connectivity index (χ0n) is 33.4. The van der Waals surface area contributed by atoms with Crippen LogP contribution in [-0.2, 0) is 17.8 Å². The molecule has 13 nitrogen and oxygen atoms in total. The predicted molar refractivity (Wildman–Crippen MR) is 239 cm³/mol. The Morgan fingerprint density at radius 2 is 1.72 bits per heavy atom. The Balaban J connectivity index is 0.00000397. The number of hydrogen-bond donors (Lipinski definition) is 6. The van der Waals surface area contributed by atoms with E-state index in [-0.39, 0.29) is 90.1 Å². The molecule has 6 rings (SSSR count). The lowest BCUT2D eigenvalue weighted by Crippen LogP contribution is -2.44. The summed E-state index contributed by atoms with van der Waals surface area (Å²) in [5, 5.41) is 35.5. The van der Waals surface area contributed by atoms with Gasteiger partial charge in [-0.3, -0.25) is 14.5 Å². The first-order valence-corrected chi connectivity index (χ1v) is 19.7. The van der Waals surface area contributed by atoms with Crippen LogP contribution in [0.1, 0.15) is 54.9 Å². The van der Waals surface area contributed by atoms with Crippen LogP contribution in [0, 0.1) is 0 Å². The van der Waals surface area contributed by atoms with Crippen LogP contribution in [0.4, 0.5) is 10.5 Å². The van der Waals surface area contributed by atoms with E-state index in [1.165, 1.54) is 24.1 Å². The number of aromatic nitrogens is 1. The minimum absolute atomic E-state index is 0. The van der Waals surface area contributed by atoms with Crippen molar-refractivity contribution in [3.05, 3.63) is 117 Å². The number of pyridine rings is 1. The molecular formula is C44H52Cl3N5O8. The van der Waals surface area contributed by atoms with Gasteiger partial charge >= 0.3 is 6.09 Å². The van der Waals surface area contributed by atoms with E-state index in [4.69, 9.17) is 26.8 Å². The lowest BCUT2D eigenvalue weighted by Gasteiger charge is -2.35. The molecule has 322 valence electrons. The van der Waals surface area contributed by atoms with E-state index in [0.29, 0.717) is 60.2 Å². The van der Waals surface area contributed by atoms with Crippen molar-refractivity contribution in [2.24, 2.45) is 5.73 Å². The Bertz CT molecular complexity index is 2290. The number of nitrogens with two attached hydrogens (primary N) is 1. The molecule has 5 aromatic rings. The number of methoxy groups -OCH3 is 1. The van der Waals surface area contributed by atoms with Crippen molar-refractivity contribution in [2.45, 2.75) is 63.3 Å². The number of aliphatic hydroxyl groups is 1. The van der Waals surface area contributed by atoms with Crippen molar-refractivity contribution in [3.63, 3.8) is 0 Å². The van der Waals surface area contributed by atoms with Gasteiger partial charge in [-0.2, -0.15) is 0 Å². The van der Waals surface area contributed by atoms with Gasteiger partial charge in [0.05, 0.1) is 29.4 Å². The average Bonchev–Trinajstić information content (AvgIpc) is 3.21. The number of nitrogens with one attached hydrogen (secondary N) is 2. The molecule has 4 aromatic carbocycles. The summed E-state index contributed by atoms with van der Waals surface area (Å²) < 4.78 is 11.4. The zero-order valence-corrected chi connectivity index (χ0v) is 35.8. The van der Waals surface area contributed by atoms with Crippen LogP contribution in [0.3, 0.4) is 0 Å². The van der Waals surface area contributed by atoms with E-state index in [1.54, 1.807) is 36.2 Å². The Kier molecular flexibility index (Phi) is 17.5. The molecule has 0 radical (unpaired) electrons. The maximum Gasteiger partial charge on any atom is 0.412 e. The van der Waals surface area contributed by atoms with Crippen molar-refractivity contribution in [3.8, 4) is 28.4 Å². The number of aromatic amines is 1. The van der Waals surface area contributed by atoms with Crippen LogP contribution < -0.4 is 31.0 Å². The molecule has 0 saturated heterocycles. The fraction of sp³-hybridized carbons (Fsp3) is 0.341. The zero-order chi connectivity index (χ0) is 41.3. The number of aryl methyl sites for hydroxylation is 1. The molecule has 1 aromatic heterocycles. The van der Waals surface area contributed by atoms with Gasteiger partial charge in [-0.25, -0.2) is 4.79 Å². The van der Waals surface area contributed by atoms with Crippen molar-refractivity contribution in [1.29, 1.82) is 0 Å². The van der Waals surface area contributed by atoms with E-state index >= 15 is 0 Å². The van der Waals surface area contributed by atoms with Crippen LogP contribution in [0.2, 0.25) is 5.02 Å². The molecule has 1 aliphatic carbocycles. The van der Waals surface area contributed by atoms with Gasteiger partial charge in [0, 0.05) is 67.4 Å². The largest absolute Gasteiger partial charge is 0.506 e. The first-order chi connectivity index (χ1) is 27.9. The van der Waals surface area contributed by atoms with Gasteiger partial charge in [-0.1, -0.05) is 60.1 Å². The van der Waals surface area contributed by atoms with E-state index < -0.39 is 12.2 Å². The Hall–Kier alpha value is -5.02. The quantitative estimate of drug-likeness (QED) is 0.0580. The van der Waals surface area contributed by atoms with E-state index in [0.717, 1.165) is 29.5 Å². The smallest absolute Gasteiger partial charge is 0.412 e. The highest BCUT2D eigenvalue weighted by Crippen LogP contribution is 2.37. The van der Waals surface area contributed by atoms with Gasteiger partial charge in [-0.15, -0.1) is 24.8 Å². The number of benzene rings is 4. The molecular weight excluding hydrogens is 833 g/mol. The SMILES string of the molecule is COc1cc(OCC(=O)N(C)CCCc2ccc(-c3ccccc3)c(N(C(=O)O)C3CCC(N)CC3)c2)c(Cl)cc1CNC[C@H](O)c1ccc(O)c2[nH]c(=O)ccc12.Cl.Cl. The Morgan fingerprint density at radius 1 is 0.983 bits per heavy atom. The highest BCUT2D eigenvalue weighted by atomic mass is 35.5. The van der Waals surface area contributed by atoms with Gasteiger partial charge in [0.25, 0.3) is 5.91 Å². The third kappa shape index (κ3) is 11.6. The minimum Gasteiger partial charge on any atom is -0.506 e. The standard InChI is InChI=1S/C44H50ClN5O8.2ClH/c1-49(20-6-7-27-10-15-32(28-8-4-3-5-9-28)36(21-27)50(44(55)56)31-13-11-30(46)12-14-31)42(54)26-58-40-23-39(57-2)29(22-35(40)45)24-47-25-38(52)33-16-18-37(51)43-34(33)17-19-41(53)48-43;;/h3-5,8-10,15-19,21-23,30-31,38,47,51-52H,6-7,11-14,20,24-26,46H2,1-2H3,(H,48,53)(H,55,56);2*1H/t30?,31?,38-;;/m0../s1. The average molecular weight is 885 g/mol. The van der Waals surface area contributed by atoms with Crippen LogP contribution in [-0.4, -0.2) is 83.1 Å². The molecule has 0 bridgehead atoms.